The number of hydrogen-bond acceptors (Lipinski definition) is 8. The molecule has 2 amide bonds. The summed E-state index contributed by atoms with van der Waals surface area (Å²) in [5.74, 6) is -3.29. The second-order valence-electron chi connectivity index (χ2n) is 7.14. The lowest BCUT2D eigenvalue weighted by Gasteiger charge is -2.27. The van der Waals surface area contributed by atoms with E-state index in [9.17, 15) is 24.8 Å². The number of benzene rings is 3. The van der Waals surface area contributed by atoms with Gasteiger partial charge in [0.1, 0.15) is 11.6 Å². The van der Waals surface area contributed by atoms with Crippen molar-refractivity contribution in [3.63, 3.8) is 0 Å². The Kier molecular flexibility index (Phi) is 4.28. The number of rotatable bonds is 4. The van der Waals surface area contributed by atoms with Gasteiger partial charge in [-0.25, -0.2) is 4.90 Å². The molecular weight excluding hydrogens is 402 g/mol. The van der Waals surface area contributed by atoms with Crippen molar-refractivity contribution in [2.75, 3.05) is 10.1 Å². The highest BCUT2D eigenvalue weighted by atomic mass is 16.8. The van der Waals surface area contributed by atoms with Gasteiger partial charge in [-0.15, -0.1) is 0 Å². The van der Waals surface area contributed by atoms with Crippen LogP contribution in [0.5, 0.6) is 0 Å². The van der Waals surface area contributed by atoms with Crippen molar-refractivity contribution in [2.24, 2.45) is 11.1 Å². The summed E-state index contributed by atoms with van der Waals surface area (Å²) >= 11 is 0. The lowest BCUT2D eigenvalue weighted by molar-refractivity contribution is -0.126. The molecule has 9 nitrogen and oxygen atoms in total. The number of carbonyl (C=O) groups is 3. The van der Waals surface area contributed by atoms with Gasteiger partial charge in [-0.05, 0) is 29.0 Å². The van der Waals surface area contributed by atoms with E-state index in [0.29, 0.717) is 5.56 Å². The lowest BCUT2D eigenvalue weighted by atomic mass is 9.92. The molecule has 3 aromatic carbocycles. The van der Waals surface area contributed by atoms with Gasteiger partial charge in [-0.3, -0.25) is 19.6 Å². The Labute approximate surface area is 175 Å². The van der Waals surface area contributed by atoms with Gasteiger partial charge in [-0.1, -0.05) is 53.7 Å². The molecule has 2 aliphatic rings. The van der Waals surface area contributed by atoms with E-state index in [1.807, 2.05) is 24.3 Å². The molecule has 1 saturated heterocycles. The fourth-order valence-electron chi connectivity index (χ4n) is 3.90. The summed E-state index contributed by atoms with van der Waals surface area (Å²) in [7, 11) is 0. The maximum Gasteiger partial charge on any atom is 0.279 e. The number of oxime groups is 1. The van der Waals surface area contributed by atoms with Crippen LogP contribution in [0.15, 0.2) is 71.9 Å². The minimum atomic E-state index is -1.31. The van der Waals surface area contributed by atoms with Crippen LogP contribution in [0.1, 0.15) is 10.4 Å². The van der Waals surface area contributed by atoms with Crippen LogP contribution in [0.25, 0.3) is 10.8 Å². The number of nitrogens with zero attached hydrogens (tertiary/aromatic N) is 3. The normalized spacial score (nSPS) is 19.9. The van der Waals surface area contributed by atoms with Crippen LogP contribution in [0, 0.1) is 11.1 Å². The number of ketones is 1. The van der Waals surface area contributed by atoms with Crippen molar-refractivity contribution in [2.45, 2.75) is 6.10 Å². The summed E-state index contributed by atoms with van der Waals surface area (Å²) in [6.45, 7) is 0. The number of carbonyl (C=O) groups excluding carboxylic acids is 3. The van der Waals surface area contributed by atoms with Crippen molar-refractivity contribution in [1.82, 2.24) is 0 Å². The fraction of sp³-hybridized carbons (Fsp3) is 0.0909. The Hall–Kier alpha value is -4.08. The molecule has 0 aromatic heterocycles. The first-order chi connectivity index (χ1) is 15.0. The van der Waals surface area contributed by atoms with Crippen LogP contribution in [-0.4, -0.2) is 34.6 Å². The average molecular weight is 416 g/mol. The van der Waals surface area contributed by atoms with E-state index < -0.39 is 34.8 Å². The van der Waals surface area contributed by atoms with Crippen molar-refractivity contribution < 1.29 is 24.4 Å². The molecule has 2 unspecified atom stereocenters. The molecule has 2 heterocycles. The first-order valence-electron chi connectivity index (χ1n) is 9.37. The van der Waals surface area contributed by atoms with E-state index in [1.54, 1.807) is 18.2 Å². The summed E-state index contributed by atoms with van der Waals surface area (Å²) in [4.78, 5) is 45.0. The second-order valence-corrected chi connectivity index (χ2v) is 7.14. The van der Waals surface area contributed by atoms with Crippen LogP contribution < -0.4 is 10.1 Å². The quantitative estimate of drug-likeness (QED) is 0.394. The molecule has 9 heteroatoms. The summed E-state index contributed by atoms with van der Waals surface area (Å²) < 4.78 is 0. The van der Waals surface area contributed by atoms with Crippen LogP contribution in [0.4, 0.5) is 11.4 Å². The SMILES string of the molecule is O=C(C1=NOC2C(=O)N(c3ccccc3N([O-])O)C(=O)C12)c1ccc2ccccc2c1. The highest BCUT2D eigenvalue weighted by Gasteiger charge is 2.57. The van der Waals surface area contributed by atoms with Crippen molar-refractivity contribution in [3.05, 3.63) is 77.5 Å². The zero-order valence-electron chi connectivity index (χ0n) is 15.8. The van der Waals surface area contributed by atoms with E-state index in [2.05, 4.69) is 5.16 Å². The number of amides is 2. The molecule has 1 N–H and O–H groups in total. The number of anilines is 2. The van der Waals surface area contributed by atoms with Crippen molar-refractivity contribution in [1.29, 1.82) is 0 Å². The van der Waals surface area contributed by atoms with Crippen LogP contribution in [0.2, 0.25) is 0 Å². The van der Waals surface area contributed by atoms with Gasteiger partial charge < -0.3 is 15.3 Å². The number of fused-ring (bicyclic) bond motifs is 2. The number of Topliss-reactive ketones (excluding diaryl/α,β-unsaturated/α-hetero) is 1. The highest BCUT2D eigenvalue weighted by Crippen LogP contribution is 2.38. The van der Waals surface area contributed by atoms with Crippen molar-refractivity contribution in [3.8, 4) is 0 Å². The standard InChI is InChI=1S/C22H14N3O6/c26-19(14-10-9-12-5-1-2-6-13(12)11-14)18-17-20(31-23-18)22(28)24(21(17)27)15-7-3-4-8-16(15)25(29)30/h1-11,17,20,29H/q-1. The maximum absolute atomic E-state index is 13.1. The Balaban J connectivity index is 1.50. The van der Waals surface area contributed by atoms with Gasteiger partial charge in [0.05, 0.1) is 11.4 Å². The van der Waals surface area contributed by atoms with E-state index in [-0.39, 0.29) is 17.1 Å². The van der Waals surface area contributed by atoms with Gasteiger partial charge in [-0.2, -0.15) is 0 Å². The summed E-state index contributed by atoms with van der Waals surface area (Å²) in [5.41, 5.74) is -0.266. The number of para-hydroxylation sites is 2. The summed E-state index contributed by atoms with van der Waals surface area (Å²) in [5, 5.41) is 25.9. The van der Waals surface area contributed by atoms with Crippen LogP contribution in [0.3, 0.4) is 0 Å². The topological polar surface area (TPSA) is 123 Å². The number of imide groups is 1. The number of hydrogen-bond donors (Lipinski definition) is 1. The zero-order chi connectivity index (χ0) is 21.7. The molecular formula is C22H14N3O6-. The zero-order valence-corrected chi connectivity index (χ0v) is 15.8. The first-order valence-corrected chi connectivity index (χ1v) is 9.37. The largest absolute Gasteiger partial charge is 0.733 e. The van der Waals surface area contributed by atoms with Crippen molar-refractivity contribution >= 4 is 45.5 Å². The third-order valence-electron chi connectivity index (χ3n) is 5.39. The smallest absolute Gasteiger partial charge is 0.279 e. The predicted octanol–water partition coefficient (Wildman–Crippen LogP) is 2.66. The van der Waals surface area contributed by atoms with Gasteiger partial charge in [0.25, 0.3) is 5.91 Å². The molecule has 3 aromatic rings. The Morgan fingerprint density at radius 1 is 1.00 bits per heavy atom. The minimum Gasteiger partial charge on any atom is -0.733 e. The first kappa shape index (κ1) is 18.9. The van der Waals surface area contributed by atoms with Gasteiger partial charge in [0, 0.05) is 5.56 Å². The fourth-order valence-corrected chi connectivity index (χ4v) is 3.90. The second kappa shape index (κ2) is 7.01. The molecule has 0 bridgehead atoms. The Bertz CT molecular complexity index is 1280. The molecule has 0 radical (unpaired) electrons. The van der Waals surface area contributed by atoms with E-state index in [0.717, 1.165) is 15.7 Å². The summed E-state index contributed by atoms with van der Waals surface area (Å²) in [6, 6.07) is 18.2. The van der Waals surface area contributed by atoms with E-state index >= 15 is 0 Å². The molecule has 0 aliphatic carbocycles. The third kappa shape index (κ3) is 2.87. The van der Waals surface area contributed by atoms with Crippen LogP contribution >= 0.6 is 0 Å². The van der Waals surface area contributed by atoms with Gasteiger partial charge >= 0.3 is 0 Å². The van der Waals surface area contributed by atoms with Gasteiger partial charge in [0.2, 0.25) is 17.8 Å². The summed E-state index contributed by atoms with van der Waals surface area (Å²) in [6.07, 6.45) is -1.31. The molecule has 2 atom stereocenters. The molecule has 0 saturated carbocycles. The Morgan fingerprint density at radius 3 is 2.48 bits per heavy atom. The molecule has 5 rings (SSSR count). The third-order valence-corrected chi connectivity index (χ3v) is 5.39. The maximum atomic E-state index is 13.1. The molecule has 31 heavy (non-hydrogen) atoms. The van der Waals surface area contributed by atoms with Gasteiger partial charge in [0.15, 0.2) is 0 Å². The van der Waals surface area contributed by atoms with Crippen LogP contribution in [-0.2, 0) is 14.4 Å². The van der Waals surface area contributed by atoms with E-state index in [4.69, 9.17) is 4.84 Å². The highest BCUT2D eigenvalue weighted by molar-refractivity contribution is 6.52. The Morgan fingerprint density at radius 2 is 1.71 bits per heavy atom. The molecule has 2 aliphatic heterocycles. The molecule has 0 spiro atoms. The van der Waals surface area contributed by atoms with E-state index in [1.165, 1.54) is 24.3 Å². The average Bonchev–Trinajstić information content (AvgIpc) is 3.33. The lowest BCUT2D eigenvalue weighted by Crippen LogP contribution is -2.35. The monoisotopic (exact) mass is 416 g/mol. The predicted molar refractivity (Wildman–Crippen MR) is 111 cm³/mol. The molecule has 154 valence electrons. The molecule has 1 fully saturated rings. The minimum absolute atomic E-state index is 0.106.